The van der Waals surface area contributed by atoms with Crippen LogP contribution in [0.5, 0.6) is 0 Å². The van der Waals surface area contributed by atoms with Gasteiger partial charge in [0.2, 0.25) is 5.89 Å². The molecule has 1 N–H and O–H groups in total. The highest BCUT2D eigenvalue weighted by Gasteiger charge is 2.35. The van der Waals surface area contributed by atoms with Crippen molar-refractivity contribution in [1.29, 1.82) is 0 Å². The zero-order chi connectivity index (χ0) is 14.9. The number of hydrogen-bond acceptors (Lipinski definition) is 4. The summed E-state index contributed by atoms with van der Waals surface area (Å²) in [5, 5.41) is 7.29. The normalized spacial score (nSPS) is 26.4. The molecule has 4 rings (SSSR count). The van der Waals surface area contributed by atoms with E-state index in [-0.39, 0.29) is 12.1 Å². The molecule has 1 saturated heterocycles. The van der Waals surface area contributed by atoms with Gasteiger partial charge in [-0.15, -0.1) is 0 Å². The van der Waals surface area contributed by atoms with E-state index in [2.05, 4.69) is 15.5 Å². The summed E-state index contributed by atoms with van der Waals surface area (Å²) in [4.78, 5) is 19.1. The summed E-state index contributed by atoms with van der Waals surface area (Å²) in [5.41, 5.74) is 0. The highest BCUT2D eigenvalue weighted by molar-refractivity contribution is 5.75. The van der Waals surface area contributed by atoms with Crippen LogP contribution < -0.4 is 5.32 Å². The van der Waals surface area contributed by atoms with Gasteiger partial charge >= 0.3 is 6.03 Å². The van der Waals surface area contributed by atoms with Gasteiger partial charge in [0.05, 0.1) is 0 Å². The van der Waals surface area contributed by atoms with Crippen LogP contribution in [-0.4, -0.2) is 33.7 Å². The predicted octanol–water partition coefficient (Wildman–Crippen LogP) is 3.13. The second-order valence-corrected chi connectivity index (χ2v) is 6.90. The van der Waals surface area contributed by atoms with Gasteiger partial charge in [0.15, 0.2) is 5.82 Å². The molecule has 1 atom stereocenters. The van der Waals surface area contributed by atoms with E-state index in [1.165, 1.54) is 12.8 Å². The van der Waals surface area contributed by atoms with Crippen LogP contribution in [0.25, 0.3) is 0 Å². The monoisotopic (exact) mass is 304 g/mol. The number of hydrogen-bond donors (Lipinski definition) is 1. The molecule has 6 heteroatoms. The van der Waals surface area contributed by atoms with Crippen molar-refractivity contribution in [3.05, 3.63) is 11.7 Å². The standard InChI is InChI=1S/C16H24N4O2/c21-16(17-12-5-1-2-6-12)20-10-4-3-7-13(20)15-18-14(19-22-15)11-8-9-11/h11-13H,1-10H2,(H,17,21)/t13-/m0/s1. The Morgan fingerprint density at radius 2 is 1.86 bits per heavy atom. The average molecular weight is 304 g/mol. The molecule has 22 heavy (non-hydrogen) atoms. The molecule has 1 aromatic heterocycles. The first-order chi connectivity index (χ1) is 10.8. The maximum absolute atomic E-state index is 12.6. The Morgan fingerprint density at radius 1 is 1.09 bits per heavy atom. The molecular formula is C16H24N4O2. The van der Waals surface area contributed by atoms with Gasteiger partial charge in [-0.1, -0.05) is 18.0 Å². The number of aromatic nitrogens is 2. The summed E-state index contributed by atoms with van der Waals surface area (Å²) >= 11 is 0. The van der Waals surface area contributed by atoms with Crippen LogP contribution in [0.3, 0.4) is 0 Å². The number of likely N-dealkylation sites (tertiary alicyclic amines) is 1. The lowest BCUT2D eigenvalue weighted by Gasteiger charge is -2.34. The number of carbonyl (C=O) groups is 1. The van der Waals surface area contributed by atoms with Crippen molar-refractivity contribution in [1.82, 2.24) is 20.4 Å². The number of rotatable bonds is 3. The van der Waals surface area contributed by atoms with Crippen LogP contribution in [0.15, 0.2) is 4.52 Å². The van der Waals surface area contributed by atoms with Crippen molar-refractivity contribution in [3.8, 4) is 0 Å². The maximum atomic E-state index is 12.6. The fraction of sp³-hybridized carbons (Fsp3) is 0.812. The van der Waals surface area contributed by atoms with E-state index >= 15 is 0 Å². The molecule has 0 spiro atoms. The number of amides is 2. The second kappa shape index (κ2) is 5.89. The van der Waals surface area contributed by atoms with Gasteiger partial charge in [-0.3, -0.25) is 0 Å². The largest absolute Gasteiger partial charge is 0.337 e. The zero-order valence-electron chi connectivity index (χ0n) is 13.0. The smallest absolute Gasteiger partial charge is 0.318 e. The summed E-state index contributed by atoms with van der Waals surface area (Å²) in [6.07, 6.45) is 10.1. The summed E-state index contributed by atoms with van der Waals surface area (Å²) in [6.45, 7) is 0.782. The Hall–Kier alpha value is -1.59. The predicted molar refractivity (Wildman–Crippen MR) is 80.4 cm³/mol. The first kappa shape index (κ1) is 14.0. The number of nitrogens with one attached hydrogen (secondary N) is 1. The number of piperidine rings is 1. The minimum Gasteiger partial charge on any atom is -0.337 e. The molecule has 1 aromatic rings. The van der Waals surface area contributed by atoms with Crippen LogP contribution in [0.1, 0.15) is 81.5 Å². The lowest BCUT2D eigenvalue weighted by atomic mass is 10.0. The van der Waals surface area contributed by atoms with E-state index in [0.29, 0.717) is 17.9 Å². The Kier molecular flexibility index (Phi) is 3.76. The topological polar surface area (TPSA) is 71.3 Å². The van der Waals surface area contributed by atoms with Crippen molar-refractivity contribution in [2.45, 2.75) is 75.8 Å². The SMILES string of the molecule is O=C(NC1CCCC1)N1CCCC[C@H]1c1nc(C2CC2)no1. The molecule has 0 bridgehead atoms. The Balaban J connectivity index is 1.46. The Labute approximate surface area is 130 Å². The van der Waals surface area contributed by atoms with E-state index in [9.17, 15) is 4.79 Å². The molecule has 2 amide bonds. The first-order valence-electron chi connectivity index (χ1n) is 8.72. The number of urea groups is 1. The van der Waals surface area contributed by atoms with Gasteiger partial charge in [-0.25, -0.2) is 4.79 Å². The molecule has 0 radical (unpaired) electrons. The van der Waals surface area contributed by atoms with Gasteiger partial charge in [0.1, 0.15) is 6.04 Å². The fourth-order valence-corrected chi connectivity index (χ4v) is 3.65. The zero-order valence-corrected chi connectivity index (χ0v) is 13.0. The van der Waals surface area contributed by atoms with E-state index in [1.54, 1.807) is 0 Å². The first-order valence-corrected chi connectivity index (χ1v) is 8.72. The lowest BCUT2D eigenvalue weighted by molar-refractivity contribution is 0.129. The van der Waals surface area contributed by atoms with Crippen molar-refractivity contribution in [3.63, 3.8) is 0 Å². The molecule has 2 saturated carbocycles. The van der Waals surface area contributed by atoms with Crippen LogP contribution in [0, 0.1) is 0 Å². The van der Waals surface area contributed by atoms with E-state index in [0.717, 1.165) is 57.3 Å². The molecular weight excluding hydrogens is 280 g/mol. The summed E-state index contributed by atoms with van der Waals surface area (Å²) in [6, 6.07) is 0.345. The summed E-state index contributed by atoms with van der Waals surface area (Å²) < 4.78 is 5.47. The molecule has 6 nitrogen and oxygen atoms in total. The van der Waals surface area contributed by atoms with Gasteiger partial charge < -0.3 is 14.7 Å². The van der Waals surface area contributed by atoms with Crippen molar-refractivity contribution >= 4 is 6.03 Å². The molecule has 0 unspecified atom stereocenters. The Morgan fingerprint density at radius 3 is 2.64 bits per heavy atom. The molecule has 3 aliphatic rings. The molecule has 0 aromatic carbocycles. The van der Waals surface area contributed by atoms with Crippen LogP contribution in [0.4, 0.5) is 4.79 Å². The minimum atomic E-state index is -0.0462. The van der Waals surface area contributed by atoms with Gasteiger partial charge in [0.25, 0.3) is 0 Å². The van der Waals surface area contributed by atoms with Crippen molar-refractivity contribution < 1.29 is 9.32 Å². The highest BCUT2D eigenvalue weighted by atomic mass is 16.5. The quantitative estimate of drug-likeness (QED) is 0.931. The number of carbonyl (C=O) groups excluding carboxylic acids is 1. The second-order valence-electron chi connectivity index (χ2n) is 6.90. The van der Waals surface area contributed by atoms with Gasteiger partial charge in [-0.2, -0.15) is 4.98 Å². The fourth-order valence-electron chi connectivity index (χ4n) is 3.65. The lowest BCUT2D eigenvalue weighted by Crippen LogP contribution is -2.47. The third kappa shape index (κ3) is 2.83. The van der Waals surface area contributed by atoms with E-state index < -0.39 is 0 Å². The molecule has 3 fully saturated rings. The van der Waals surface area contributed by atoms with Crippen LogP contribution in [-0.2, 0) is 0 Å². The molecule has 2 aliphatic carbocycles. The highest BCUT2D eigenvalue weighted by Crippen LogP contribution is 2.39. The molecule has 120 valence electrons. The third-order valence-electron chi connectivity index (χ3n) is 5.13. The molecule has 2 heterocycles. The van der Waals surface area contributed by atoms with Crippen LogP contribution in [0.2, 0.25) is 0 Å². The minimum absolute atomic E-state index is 0.0442. The Bertz CT molecular complexity index is 534. The summed E-state index contributed by atoms with van der Waals surface area (Å²) in [5.74, 6) is 1.95. The average Bonchev–Trinajstić information content (AvgIpc) is 3.06. The van der Waals surface area contributed by atoms with E-state index in [4.69, 9.17) is 4.52 Å². The van der Waals surface area contributed by atoms with Gasteiger partial charge in [0, 0.05) is 18.5 Å². The van der Waals surface area contributed by atoms with Crippen LogP contribution >= 0.6 is 0 Å². The maximum Gasteiger partial charge on any atom is 0.318 e. The summed E-state index contributed by atoms with van der Waals surface area (Å²) in [7, 11) is 0. The van der Waals surface area contributed by atoms with Gasteiger partial charge in [-0.05, 0) is 44.9 Å². The molecule has 1 aliphatic heterocycles. The van der Waals surface area contributed by atoms with Crippen molar-refractivity contribution in [2.75, 3.05) is 6.54 Å². The van der Waals surface area contributed by atoms with Crippen molar-refractivity contribution in [2.24, 2.45) is 0 Å². The number of nitrogens with zero attached hydrogens (tertiary/aromatic N) is 3. The van der Waals surface area contributed by atoms with E-state index in [1.807, 2.05) is 4.90 Å². The third-order valence-corrected chi connectivity index (χ3v) is 5.13.